The summed E-state index contributed by atoms with van der Waals surface area (Å²) in [6, 6.07) is 5.31. The van der Waals surface area contributed by atoms with Crippen molar-refractivity contribution in [2.75, 3.05) is 5.52 Å². The molecule has 0 aliphatic carbocycles. The van der Waals surface area contributed by atoms with Crippen LogP contribution in [0, 0.1) is 0 Å². The Morgan fingerprint density at radius 3 is 2.43 bits per heavy atom. The lowest BCUT2D eigenvalue weighted by Crippen LogP contribution is -2.17. The van der Waals surface area contributed by atoms with E-state index in [1.165, 1.54) is 18.2 Å². The summed E-state index contributed by atoms with van der Waals surface area (Å²) in [5.41, 5.74) is 0.211. The molecule has 0 radical (unpaired) electrons. The first-order valence-electron chi connectivity index (χ1n) is 3.56. The summed E-state index contributed by atoms with van der Waals surface area (Å²) in [4.78, 5) is 0. The number of halogens is 4. The summed E-state index contributed by atoms with van der Waals surface area (Å²) in [6.07, 6.45) is -4.67. The molecule has 1 aromatic rings. The Balaban J connectivity index is 2.73. The van der Waals surface area contributed by atoms with Crippen LogP contribution in [-0.2, 0) is 0 Å². The molecule has 0 N–H and O–H groups in total. The van der Waals surface area contributed by atoms with Crippen LogP contribution in [-0.4, -0.2) is 11.9 Å². The molecule has 14 heavy (non-hydrogen) atoms. The van der Waals surface area contributed by atoms with Crippen LogP contribution in [0.1, 0.15) is 0 Å². The average molecular weight is 271 g/mol. The predicted molar refractivity (Wildman–Crippen MR) is 47.5 cm³/mol. The highest BCUT2D eigenvalue weighted by Gasteiger charge is 2.31. The van der Waals surface area contributed by atoms with E-state index >= 15 is 0 Å². The first-order chi connectivity index (χ1) is 6.51. The minimum absolute atomic E-state index is 0.211. The quantitative estimate of drug-likeness (QED) is 0.785. The van der Waals surface area contributed by atoms with Crippen LogP contribution in [0.25, 0.3) is 0 Å². The van der Waals surface area contributed by atoms with E-state index in [-0.39, 0.29) is 11.3 Å². The zero-order valence-electron chi connectivity index (χ0n) is 6.84. The van der Waals surface area contributed by atoms with Crippen molar-refractivity contribution < 1.29 is 22.6 Å². The van der Waals surface area contributed by atoms with E-state index in [4.69, 9.17) is 4.74 Å². The number of ether oxygens (including phenoxy) is 2. The largest absolute Gasteiger partial charge is 0.573 e. The molecule has 0 bridgehead atoms. The van der Waals surface area contributed by atoms with Gasteiger partial charge >= 0.3 is 6.36 Å². The maximum atomic E-state index is 11.8. The molecule has 0 saturated heterocycles. The molecular formula is C8H6BrF3O2. The lowest BCUT2D eigenvalue weighted by molar-refractivity contribution is -0.274. The number of hydrogen-bond acceptors (Lipinski definition) is 2. The molecule has 0 aliphatic heterocycles. The van der Waals surface area contributed by atoms with Gasteiger partial charge in [0.05, 0.1) is 0 Å². The molecule has 0 aromatic heterocycles. The number of rotatable bonds is 3. The summed E-state index contributed by atoms with van der Waals surface area (Å²) in [7, 11) is 0. The predicted octanol–water partition coefficient (Wildman–Crippen LogP) is 3.32. The van der Waals surface area contributed by atoms with Gasteiger partial charge in [0.2, 0.25) is 0 Å². The number of alkyl halides is 4. The first-order valence-corrected chi connectivity index (χ1v) is 4.68. The second-order valence-corrected chi connectivity index (χ2v) is 2.73. The Labute approximate surface area is 86.8 Å². The summed E-state index contributed by atoms with van der Waals surface area (Å²) < 4.78 is 44.0. The van der Waals surface area contributed by atoms with Crippen LogP contribution >= 0.6 is 15.9 Å². The van der Waals surface area contributed by atoms with Crippen molar-refractivity contribution in [2.45, 2.75) is 6.36 Å². The molecule has 0 heterocycles. The third kappa shape index (κ3) is 3.87. The van der Waals surface area contributed by atoms with Gasteiger partial charge in [-0.15, -0.1) is 13.2 Å². The molecule has 6 heteroatoms. The van der Waals surface area contributed by atoms with Crippen molar-refractivity contribution in [3.8, 4) is 11.5 Å². The molecular weight excluding hydrogens is 265 g/mol. The van der Waals surface area contributed by atoms with Gasteiger partial charge in [-0.3, -0.25) is 0 Å². The summed E-state index contributed by atoms with van der Waals surface area (Å²) in [5, 5.41) is 0. The van der Waals surface area contributed by atoms with Crippen LogP contribution in [0.5, 0.6) is 11.5 Å². The molecule has 1 aromatic carbocycles. The van der Waals surface area contributed by atoms with Crippen LogP contribution in [0.2, 0.25) is 0 Å². The second kappa shape index (κ2) is 4.54. The Morgan fingerprint density at radius 2 is 1.86 bits per heavy atom. The number of hydrogen-bond donors (Lipinski definition) is 0. The van der Waals surface area contributed by atoms with Crippen LogP contribution < -0.4 is 9.47 Å². The topological polar surface area (TPSA) is 18.5 Å². The van der Waals surface area contributed by atoms with E-state index in [0.29, 0.717) is 5.75 Å². The van der Waals surface area contributed by atoms with Crippen LogP contribution in [0.3, 0.4) is 0 Å². The molecule has 78 valence electrons. The van der Waals surface area contributed by atoms with E-state index in [1.807, 2.05) is 0 Å². The van der Waals surface area contributed by atoms with E-state index in [9.17, 15) is 13.2 Å². The highest BCUT2D eigenvalue weighted by Crippen LogP contribution is 2.26. The van der Waals surface area contributed by atoms with Gasteiger partial charge in [0.25, 0.3) is 0 Å². The first kappa shape index (κ1) is 11.2. The van der Waals surface area contributed by atoms with Crippen molar-refractivity contribution in [1.29, 1.82) is 0 Å². The Kier molecular flexibility index (Phi) is 3.62. The van der Waals surface area contributed by atoms with Gasteiger partial charge in [0.15, 0.2) is 0 Å². The van der Waals surface area contributed by atoms with Crippen molar-refractivity contribution >= 4 is 15.9 Å². The van der Waals surface area contributed by atoms with Gasteiger partial charge in [-0.2, -0.15) is 0 Å². The van der Waals surface area contributed by atoms with E-state index in [1.54, 1.807) is 0 Å². The van der Waals surface area contributed by atoms with Gasteiger partial charge in [-0.1, -0.05) is 6.07 Å². The third-order valence-corrected chi connectivity index (χ3v) is 1.49. The fraction of sp³-hybridized carbons (Fsp3) is 0.250. The monoisotopic (exact) mass is 270 g/mol. The molecule has 0 fully saturated rings. The second-order valence-electron chi connectivity index (χ2n) is 2.28. The molecule has 0 atom stereocenters. The Bertz CT molecular complexity index is 301. The summed E-state index contributed by atoms with van der Waals surface area (Å²) in [5.74, 6) is 0.0135. The van der Waals surface area contributed by atoms with E-state index in [0.717, 1.165) is 6.07 Å². The minimum atomic E-state index is -4.67. The SMILES string of the molecule is FC(F)(F)Oc1cccc(OCBr)c1. The molecule has 0 aliphatic rings. The maximum absolute atomic E-state index is 11.8. The molecule has 2 nitrogen and oxygen atoms in total. The Morgan fingerprint density at radius 1 is 1.21 bits per heavy atom. The Hall–Kier alpha value is -0.910. The lowest BCUT2D eigenvalue weighted by Gasteiger charge is -2.09. The highest BCUT2D eigenvalue weighted by molar-refractivity contribution is 9.09. The normalized spacial score (nSPS) is 11.1. The van der Waals surface area contributed by atoms with Gasteiger partial charge in [0, 0.05) is 6.07 Å². The maximum Gasteiger partial charge on any atom is 0.573 e. The van der Waals surface area contributed by atoms with Crippen LogP contribution in [0.15, 0.2) is 24.3 Å². The minimum Gasteiger partial charge on any atom is -0.482 e. The van der Waals surface area contributed by atoms with Gasteiger partial charge in [0.1, 0.15) is 17.0 Å². The number of benzene rings is 1. The standard InChI is InChI=1S/C8H6BrF3O2/c9-5-13-6-2-1-3-7(4-6)14-8(10,11)12/h1-4H,5H2. The van der Waals surface area contributed by atoms with Crippen molar-refractivity contribution in [3.63, 3.8) is 0 Å². The fourth-order valence-electron chi connectivity index (χ4n) is 0.824. The van der Waals surface area contributed by atoms with Crippen molar-refractivity contribution in [1.82, 2.24) is 0 Å². The molecule has 0 unspecified atom stereocenters. The van der Waals surface area contributed by atoms with Crippen LogP contribution in [0.4, 0.5) is 13.2 Å². The molecule has 0 amide bonds. The van der Waals surface area contributed by atoms with Gasteiger partial charge < -0.3 is 9.47 Å². The highest BCUT2D eigenvalue weighted by atomic mass is 79.9. The smallest absolute Gasteiger partial charge is 0.482 e. The molecule has 0 saturated carbocycles. The third-order valence-electron chi connectivity index (χ3n) is 1.26. The summed E-state index contributed by atoms with van der Waals surface area (Å²) in [6.45, 7) is 0. The lowest BCUT2D eigenvalue weighted by atomic mass is 10.3. The van der Waals surface area contributed by atoms with Crippen molar-refractivity contribution in [2.24, 2.45) is 0 Å². The zero-order valence-corrected chi connectivity index (χ0v) is 8.43. The van der Waals surface area contributed by atoms with E-state index in [2.05, 4.69) is 20.7 Å². The van der Waals surface area contributed by atoms with Crippen molar-refractivity contribution in [3.05, 3.63) is 24.3 Å². The average Bonchev–Trinajstić information content (AvgIpc) is 2.02. The van der Waals surface area contributed by atoms with E-state index < -0.39 is 6.36 Å². The van der Waals surface area contributed by atoms with Gasteiger partial charge in [-0.25, -0.2) is 0 Å². The molecule has 1 rings (SSSR count). The molecule has 0 spiro atoms. The van der Waals surface area contributed by atoms with Gasteiger partial charge in [-0.05, 0) is 28.1 Å². The summed E-state index contributed by atoms with van der Waals surface area (Å²) >= 11 is 2.99. The zero-order chi connectivity index (χ0) is 10.6. The fourth-order valence-corrected chi connectivity index (χ4v) is 1.09.